The third kappa shape index (κ3) is 5.04. The van der Waals surface area contributed by atoms with E-state index < -0.39 is 21.9 Å². The number of hydrogen-bond acceptors (Lipinski definition) is 7. The Morgan fingerprint density at radius 1 is 1.06 bits per heavy atom. The molecule has 164 valence electrons. The first-order valence-electron chi connectivity index (χ1n) is 9.40. The number of amides is 1. The Labute approximate surface area is 184 Å². The van der Waals surface area contributed by atoms with Crippen LogP contribution in [0.5, 0.6) is 5.75 Å². The van der Waals surface area contributed by atoms with E-state index in [1.807, 2.05) is 6.92 Å². The van der Waals surface area contributed by atoms with Crippen LogP contribution >= 0.6 is 11.3 Å². The molecule has 0 saturated carbocycles. The second-order valence-corrected chi connectivity index (χ2v) is 9.39. The van der Waals surface area contributed by atoms with Gasteiger partial charge in [-0.3, -0.25) is 4.79 Å². The van der Waals surface area contributed by atoms with Crippen molar-refractivity contribution < 1.29 is 27.5 Å². The van der Waals surface area contributed by atoms with E-state index >= 15 is 0 Å². The molecule has 0 aliphatic heterocycles. The summed E-state index contributed by atoms with van der Waals surface area (Å²) >= 11 is 1.29. The van der Waals surface area contributed by atoms with Gasteiger partial charge in [-0.15, -0.1) is 11.3 Å². The normalized spacial score (nSPS) is 11.3. The molecule has 0 aliphatic rings. The third-order valence-electron chi connectivity index (χ3n) is 4.42. The van der Waals surface area contributed by atoms with Crippen LogP contribution in [0, 0.1) is 0 Å². The zero-order valence-electron chi connectivity index (χ0n) is 17.2. The Kier molecular flexibility index (Phi) is 6.94. The first-order chi connectivity index (χ1) is 14.8. The van der Waals surface area contributed by atoms with E-state index in [9.17, 15) is 18.0 Å². The Morgan fingerprint density at radius 2 is 1.84 bits per heavy atom. The average Bonchev–Trinajstić information content (AvgIpc) is 3.20. The minimum Gasteiger partial charge on any atom is -0.495 e. The summed E-state index contributed by atoms with van der Waals surface area (Å²) in [6, 6.07) is 11.2. The van der Waals surface area contributed by atoms with Crippen LogP contribution in [0.3, 0.4) is 0 Å². The van der Waals surface area contributed by atoms with Crippen molar-refractivity contribution in [3.63, 3.8) is 0 Å². The zero-order chi connectivity index (χ0) is 22.6. The lowest BCUT2D eigenvalue weighted by molar-refractivity contribution is 0.0606. The fourth-order valence-corrected chi connectivity index (χ4v) is 5.16. The summed E-state index contributed by atoms with van der Waals surface area (Å²) in [5, 5.41) is 3.54. The number of rotatable bonds is 8. The summed E-state index contributed by atoms with van der Waals surface area (Å²) in [7, 11) is -1.14. The van der Waals surface area contributed by atoms with Crippen molar-refractivity contribution in [3.05, 3.63) is 52.9 Å². The number of hydrogen-bond donors (Lipinski definition) is 2. The molecular weight excluding hydrogens is 440 g/mol. The molecule has 0 fully saturated rings. The number of esters is 1. The molecule has 1 amide bonds. The number of carbonyl (C=O) groups is 2. The van der Waals surface area contributed by atoms with Gasteiger partial charge in [-0.25, -0.2) is 17.9 Å². The van der Waals surface area contributed by atoms with Crippen molar-refractivity contribution in [2.45, 2.75) is 18.2 Å². The van der Waals surface area contributed by atoms with Crippen LogP contribution in [0.15, 0.2) is 47.4 Å². The third-order valence-corrected chi connectivity index (χ3v) is 7.00. The van der Waals surface area contributed by atoms with Gasteiger partial charge in [0.25, 0.3) is 5.91 Å². The highest BCUT2D eigenvalue weighted by Crippen LogP contribution is 2.29. The van der Waals surface area contributed by atoms with Gasteiger partial charge in [0, 0.05) is 22.5 Å². The maximum Gasteiger partial charge on any atom is 0.348 e. The first kappa shape index (κ1) is 22.7. The Bertz CT molecular complexity index is 1230. The van der Waals surface area contributed by atoms with E-state index in [1.165, 1.54) is 43.8 Å². The molecule has 0 radical (unpaired) electrons. The molecule has 1 aromatic heterocycles. The van der Waals surface area contributed by atoms with Crippen LogP contribution in [0.1, 0.15) is 33.4 Å². The van der Waals surface area contributed by atoms with E-state index in [4.69, 9.17) is 9.47 Å². The van der Waals surface area contributed by atoms with Crippen LogP contribution in [-0.4, -0.2) is 41.1 Å². The molecule has 31 heavy (non-hydrogen) atoms. The van der Waals surface area contributed by atoms with E-state index in [1.54, 1.807) is 24.3 Å². The summed E-state index contributed by atoms with van der Waals surface area (Å²) in [6.07, 6.45) is 0.629. The number of anilines is 1. The SMILES string of the molecule is CCCNS(=O)(=O)c1cc(C(=O)Nc2ccc3sc(C(=O)OC)cc3c2)ccc1OC. The molecular formula is C21H22N2O6S2. The minimum absolute atomic E-state index is 0.105. The molecule has 3 aromatic rings. The molecule has 0 saturated heterocycles. The van der Waals surface area contributed by atoms with Crippen LogP contribution in [-0.2, 0) is 14.8 Å². The van der Waals surface area contributed by atoms with Gasteiger partial charge in [-0.2, -0.15) is 0 Å². The number of sulfonamides is 1. The molecule has 1 heterocycles. The van der Waals surface area contributed by atoms with Crippen molar-refractivity contribution in [3.8, 4) is 5.75 Å². The van der Waals surface area contributed by atoms with Gasteiger partial charge in [0.15, 0.2) is 0 Å². The number of methoxy groups -OCH3 is 2. The number of thiophene rings is 1. The molecule has 8 nitrogen and oxygen atoms in total. The van der Waals surface area contributed by atoms with Crippen LogP contribution in [0.2, 0.25) is 0 Å². The van der Waals surface area contributed by atoms with Crippen molar-refractivity contribution in [1.82, 2.24) is 4.72 Å². The highest BCUT2D eigenvalue weighted by Gasteiger charge is 2.21. The molecule has 0 spiro atoms. The predicted octanol–water partition coefficient (Wildman–Crippen LogP) is 3.64. The quantitative estimate of drug-likeness (QED) is 0.495. The largest absolute Gasteiger partial charge is 0.495 e. The summed E-state index contributed by atoms with van der Waals surface area (Å²) in [5.41, 5.74) is 0.675. The molecule has 2 aromatic carbocycles. The Hall–Kier alpha value is -2.95. The van der Waals surface area contributed by atoms with Crippen molar-refractivity contribution in [1.29, 1.82) is 0 Å². The van der Waals surface area contributed by atoms with Crippen LogP contribution < -0.4 is 14.8 Å². The fourth-order valence-electron chi connectivity index (χ4n) is 2.87. The van der Waals surface area contributed by atoms with Gasteiger partial charge in [0.05, 0.1) is 14.2 Å². The fraction of sp³-hybridized carbons (Fsp3) is 0.238. The van der Waals surface area contributed by atoms with Gasteiger partial charge in [-0.1, -0.05) is 6.92 Å². The molecule has 0 unspecified atom stereocenters. The molecule has 2 N–H and O–H groups in total. The highest BCUT2D eigenvalue weighted by molar-refractivity contribution is 7.89. The Morgan fingerprint density at radius 3 is 2.52 bits per heavy atom. The topological polar surface area (TPSA) is 111 Å². The second kappa shape index (κ2) is 9.46. The second-order valence-electron chi connectivity index (χ2n) is 6.57. The van der Waals surface area contributed by atoms with Crippen molar-refractivity contribution in [2.75, 3.05) is 26.1 Å². The number of benzene rings is 2. The van der Waals surface area contributed by atoms with Gasteiger partial charge < -0.3 is 14.8 Å². The van der Waals surface area contributed by atoms with E-state index in [2.05, 4.69) is 10.0 Å². The average molecular weight is 463 g/mol. The smallest absolute Gasteiger partial charge is 0.348 e. The number of ether oxygens (including phenoxy) is 2. The van der Waals surface area contributed by atoms with Gasteiger partial charge >= 0.3 is 5.97 Å². The first-order valence-corrected chi connectivity index (χ1v) is 11.7. The highest BCUT2D eigenvalue weighted by atomic mass is 32.2. The maximum atomic E-state index is 12.8. The van der Waals surface area contributed by atoms with Crippen LogP contribution in [0.4, 0.5) is 5.69 Å². The number of fused-ring (bicyclic) bond motifs is 1. The monoisotopic (exact) mass is 462 g/mol. The van der Waals surface area contributed by atoms with Gasteiger partial charge in [0.2, 0.25) is 10.0 Å². The molecule has 0 atom stereocenters. The summed E-state index contributed by atoms with van der Waals surface area (Å²) in [6.45, 7) is 2.12. The van der Waals surface area contributed by atoms with Gasteiger partial charge in [0.1, 0.15) is 15.5 Å². The van der Waals surface area contributed by atoms with E-state index in [-0.39, 0.29) is 22.8 Å². The lowest BCUT2D eigenvalue weighted by atomic mass is 10.2. The number of carbonyl (C=O) groups excluding carboxylic acids is 2. The van der Waals surface area contributed by atoms with Crippen molar-refractivity contribution in [2.24, 2.45) is 0 Å². The van der Waals surface area contributed by atoms with Crippen LogP contribution in [0.25, 0.3) is 10.1 Å². The van der Waals surface area contributed by atoms with E-state index in [0.29, 0.717) is 17.0 Å². The lowest BCUT2D eigenvalue weighted by Crippen LogP contribution is -2.25. The van der Waals surface area contributed by atoms with E-state index in [0.717, 1.165) is 10.1 Å². The lowest BCUT2D eigenvalue weighted by Gasteiger charge is -2.12. The maximum absolute atomic E-state index is 12.8. The molecule has 0 bridgehead atoms. The zero-order valence-corrected chi connectivity index (χ0v) is 18.9. The van der Waals surface area contributed by atoms with Gasteiger partial charge in [-0.05, 0) is 54.3 Å². The van der Waals surface area contributed by atoms with Crippen molar-refractivity contribution >= 4 is 49.0 Å². The predicted molar refractivity (Wildman–Crippen MR) is 120 cm³/mol. The molecule has 3 rings (SSSR count). The summed E-state index contributed by atoms with van der Waals surface area (Å²) in [4.78, 5) is 24.8. The summed E-state index contributed by atoms with van der Waals surface area (Å²) < 4.78 is 38.4. The Balaban J connectivity index is 1.87. The standard InChI is InChI=1S/C21H22N2O6S2/c1-4-9-22-31(26,27)19-12-13(5-7-16(19)28-2)20(24)23-15-6-8-17-14(10-15)11-18(30-17)21(25)29-3/h5-8,10-12,22H,4,9H2,1-3H3,(H,23,24). The number of nitrogens with one attached hydrogen (secondary N) is 2. The molecule has 0 aliphatic carbocycles. The molecule has 10 heteroatoms. The summed E-state index contributed by atoms with van der Waals surface area (Å²) in [5.74, 6) is -0.747. The minimum atomic E-state index is -3.83.